The van der Waals surface area contributed by atoms with E-state index >= 15 is 0 Å². The van der Waals surface area contributed by atoms with Crippen molar-refractivity contribution >= 4 is 11.8 Å². The van der Waals surface area contributed by atoms with E-state index in [0.29, 0.717) is 17.9 Å². The van der Waals surface area contributed by atoms with Crippen LogP contribution < -0.4 is 10.1 Å². The zero-order valence-electron chi connectivity index (χ0n) is 13.2. The Bertz CT molecular complexity index is 672. The molecule has 1 N–H and O–H groups in total. The number of para-hydroxylation sites is 1. The maximum atomic E-state index is 12.3. The summed E-state index contributed by atoms with van der Waals surface area (Å²) in [6.07, 6.45) is 3.37. The second kappa shape index (κ2) is 7.93. The Balaban J connectivity index is 2.01. The van der Waals surface area contributed by atoms with Gasteiger partial charge in [-0.05, 0) is 23.8 Å². The summed E-state index contributed by atoms with van der Waals surface area (Å²) in [6.45, 7) is 0.261. The van der Waals surface area contributed by atoms with Crippen LogP contribution in [0.2, 0.25) is 0 Å². The largest absolute Gasteiger partial charge is 0.483 e. The summed E-state index contributed by atoms with van der Waals surface area (Å²) in [5.41, 5.74) is 1.30. The van der Waals surface area contributed by atoms with Crippen molar-refractivity contribution in [2.75, 3.05) is 20.7 Å². The van der Waals surface area contributed by atoms with Crippen LogP contribution in [-0.4, -0.2) is 42.4 Å². The van der Waals surface area contributed by atoms with Crippen LogP contribution in [0, 0.1) is 0 Å². The SMILES string of the molecule is CN(C)C(=O)COc1ccccc1C(=O)NCc1cccnc1. The number of pyridine rings is 1. The van der Waals surface area contributed by atoms with Gasteiger partial charge in [0.25, 0.3) is 11.8 Å². The average Bonchev–Trinajstić information content (AvgIpc) is 2.58. The third-order valence-electron chi connectivity index (χ3n) is 3.16. The van der Waals surface area contributed by atoms with Gasteiger partial charge in [0, 0.05) is 33.0 Å². The lowest BCUT2D eigenvalue weighted by Gasteiger charge is -2.14. The predicted molar refractivity (Wildman–Crippen MR) is 86.0 cm³/mol. The summed E-state index contributed by atoms with van der Waals surface area (Å²) in [5.74, 6) is -0.0521. The number of likely N-dealkylation sites (N-methyl/N-ethyl adjacent to an activating group) is 1. The molecule has 0 aliphatic heterocycles. The van der Waals surface area contributed by atoms with Gasteiger partial charge >= 0.3 is 0 Å². The van der Waals surface area contributed by atoms with E-state index in [4.69, 9.17) is 4.74 Å². The second-order valence-corrected chi connectivity index (χ2v) is 5.12. The number of ether oxygens (including phenoxy) is 1. The van der Waals surface area contributed by atoms with Gasteiger partial charge in [-0.1, -0.05) is 18.2 Å². The Labute approximate surface area is 135 Å². The molecule has 6 nitrogen and oxygen atoms in total. The molecule has 2 amide bonds. The fraction of sp³-hybridized carbons (Fsp3) is 0.235. The minimum atomic E-state index is -0.262. The van der Waals surface area contributed by atoms with Crippen molar-refractivity contribution in [3.8, 4) is 5.75 Å². The first kappa shape index (κ1) is 16.5. The summed E-state index contributed by atoms with van der Waals surface area (Å²) in [6, 6.07) is 10.5. The summed E-state index contributed by atoms with van der Waals surface area (Å²) in [7, 11) is 3.30. The Morgan fingerprint density at radius 2 is 1.96 bits per heavy atom. The van der Waals surface area contributed by atoms with E-state index in [1.54, 1.807) is 50.8 Å². The highest BCUT2D eigenvalue weighted by atomic mass is 16.5. The highest BCUT2D eigenvalue weighted by molar-refractivity contribution is 5.97. The molecule has 0 bridgehead atoms. The lowest BCUT2D eigenvalue weighted by molar-refractivity contribution is -0.130. The monoisotopic (exact) mass is 313 g/mol. The molecule has 0 unspecified atom stereocenters. The number of carbonyl (C=O) groups is 2. The fourth-order valence-electron chi connectivity index (χ4n) is 1.83. The van der Waals surface area contributed by atoms with Crippen molar-refractivity contribution in [2.45, 2.75) is 6.54 Å². The lowest BCUT2D eigenvalue weighted by atomic mass is 10.2. The van der Waals surface area contributed by atoms with Crippen molar-refractivity contribution in [1.29, 1.82) is 0 Å². The number of carbonyl (C=O) groups excluding carboxylic acids is 2. The molecule has 0 saturated carbocycles. The van der Waals surface area contributed by atoms with Crippen LogP contribution >= 0.6 is 0 Å². The minimum Gasteiger partial charge on any atom is -0.483 e. The van der Waals surface area contributed by atoms with Crippen LogP contribution in [0.1, 0.15) is 15.9 Å². The number of aromatic nitrogens is 1. The molecule has 0 fully saturated rings. The molecule has 0 spiro atoms. The quantitative estimate of drug-likeness (QED) is 0.877. The van der Waals surface area contributed by atoms with Gasteiger partial charge in [0.15, 0.2) is 6.61 Å². The van der Waals surface area contributed by atoms with Gasteiger partial charge in [0.1, 0.15) is 5.75 Å². The third kappa shape index (κ3) is 4.81. The predicted octanol–water partition coefficient (Wildman–Crippen LogP) is 1.48. The van der Waals surface area contributed by atoms with Crippen molar-refractivity contribution in [1.82, 2.24) is 15.2 Å². The minimum absolute atomic E-state index is 0.111. The smallest absolute Gasteiger partial charge is 0.259 e. The molecule has 0 aliphatic carbocycles. The highest BCUT2D eigenvalue weighted by Gasteiger charge is 2.13. The molecule has 23 heavy (non-hydrogen) atoms. The average molecular weight is 313 g/mol. The van der Waals surface area contributed by atoms with E-state index in [1.807, 2.05) is 12.1 Å². The van der Waals surface area contributed by atoms with Gasteiger partial charge in [0.05, 0.1) is 5.56 Å². The number of benzene rings is 1. The van der Waals surface area contributed by atoms with Gasteiger partial charge in [-0.2, -0.15) is 0 Å². The Morgan fingerprint density at radius 1 is 1.17 bits per heavy atom. The first-order valence-corrected chi connectivity index (χ1v) is 7.17. The van der Waals surface area contributed by atoms with E-state index < -0.39 is 0 Å². The third-order valence-corrected chi connectivity index (χ3v) is 3.16. The van der Waals surface area contributed by atoms with Gasteiger partial charge in [-0.25, -0.2) is 0 Å². The molecular weight excluding hydrogens is 294 g/mol. The van der Waals surface area contributed by atoms with Crippen LogP contribution in [0.25, 0.3) is 0 Å². The molecule has 2 rings (SSSR count). The first-order valence-electron chi connectivity index (χ1n) is 7.17. The molecule has 1 aromatic carbocycles. The molecule has 120 valence electrons. The molecule has 1 heterocycles. The van der Waals surface area contributed by atoms with E-state index in [1.165, 1.54) is 4.90 Å². The molecule has 2 aromatic rings. The maximum absolute atomic E-state index is 12.3. The van der Waals surface area contributed by atoms with Gasteiger partial charge in [0.2, 0.25) is 0 Å². The van der Waals surface area contributed by atoms with Crippen LogP contribution in [0.3, 0.4) is 0 Å². The summed E-state index contributed by atoms with van der Waals surface area (Å²) < 4.78 is 5.47. The number of hydrogen-bond acceptors (Lipinski definition) is 4. The molecule has 0 aliphatic rings. The topological polar surface area (TPSA) is 71.5 Å². The van der Waals surface area contributed by atoms with Crippen LogP contribution in [0.4, 0.5) is 0 Å². The number of nitrogens with one attached hydrogen (secondary N) is 1. The molecule has 0 radical (unpaired) electrons. The van der Waals surface area contributed by atoms with Crippen molar-refractivity contribution in [2.24, 2.45) is 0 Å². The van der Waals surface area contributed by atoms with E-state index in [0.717, 1.165) is 5.56 Å². The molecular formula is C17H19N3O3. The van der Waals surface area contributed by atoms with Crippen LogP contribution in [-0.2, 0) is 11.3 Å². The number of amides is 2. The fourth-order valence-corrected chi connectivity index (χ4v) is 1.83. The van der Waals surface area contributed by atoms with E-state index in [9.17, 15) is 9.59 Å². The second-order valence-electron chi connectivity index (χ2n) is 5.12. The van der Waals surface area contributed by atoms with Crippen molar-refractivity contribution < 1.29 is 14.3 Å². The lowest BCUT2D eigenvalue weighted by Crippen LogP contribution is -2.28. The summed E-state index contributed by atoms with van der Waals surface area (Å²) in [4.78, 5) is 29.3. The van der Waals surface area contributed by atoms with Crippen LogP contribution in [0.5, 0.6) is 5.75 Å². The first-order chi connectivity index (χ1) is 11.1. The summed E-state index contributed by atoms with van der Waals surface area (Å²) in [5, 5.41) is 2.81. The maximum Gasteiger partial charge on any atom is 0.259 e. The molecule has 6 heteroatoms. The summed E-state index contributed by atoms with van der Waals surface area (Å²) >= 11 is 0. The zero-order valence-corrected chi connectivity index (χ0v) is 13.2. The van der Waals surface area contributed by atoms with Gasteiger partial charge in [-0.15, -0.1) is 0 Å². The number of rotatable bonds is 6. The molecule has 0 atom stereocenters. The number of nitrogens with zero attached hydrogens (tertiary/aromatic N) is 2. The number of hydrogen-bond donors (Lipinski definition) is 1. The van der Waals surface area contributed by atoms with Crippen LogP contribution in [0.15, 0.2) is 48.8 Å². The Kier molecular flexibility index (Phi) is 5.68. The van der Waals surface area contributed by atoms with Crippen molar-refractivity contribution in [3.63, 3.8) is 0 Å². The Morgan fingerprint density at radius 3 is 2.65 bits per heavy atom. The standard InChI is InChI=1S/C17H19N3O3/c1-20(2)16(21)12-23-15-8-4-3-7-14(15)17(22)19-11-13-6-5-9-18-10-13/h3-10H,11-12H2,1-2H3,(H,19,22). The zero-order chi connectivity index (χ0) is 16.7. The molecule has 1 aromatic heterocycles. The van der Waals surface area contributed by atoms with E-state index in [-0.39, 0.29) is 18.4 Å². The van der Waals surface area contributed by atoms with E-state index in [2.05, 4.69) is 10.3 Å². The van der Waals surface area contributed by atoms with Crippen molar-refractivity contribution in [3.05, 3.63) is 59.9 Å². The molecule has 0 saturated heterocycles. The Hall–Kier alpha value is -2.89. The highest BCUT2D eigenvalue weighted by Crippen LogP contribution is 2.18. The van der Waals surface area contributed by atoms with Gasteiger partial charge < -0.3 is 15.0 Å². The van der Waals surface area contributed by atoms with Gasteiger partial charge in [-0.3, -0.25) is 14.6 Å². The normalized spacial score (nSPS) is 10.0.